The zero-order valence-electron chi connectivity index (χ0n) is 19.9. The summed E-state index contributed by atoms with van der Waals surface area (Å²) in [4.78, 5) is 38.4. The van der Waals surface area contributed by atoms with Gasteiger partial charge in [0.15, 0.2) is 8.32 Å². The van der Waals surface area contributed by atoms with Gasteiger partial charge in [0.1, 0.15) is 18.2 Å². The molecule has 0 aliphatic carbocycles. The maximum absolute atomic E-state index is 13.0. The van der Waals surface area contributed by atoms with Gasteiger partial charge in [0.2, 0.25) is 5.91 Å². The van der Waals surface area contributed by atoms with Crippen LogP contribution < -0.4 is 5.32 Å². The van der Waals surface area contributed by atoms with Crippen molar-refractivity contribution in [1.29, 1.82) is 0 Å². The highest BCUT2D eigenvalue weighted by Crippen LogP contribution is 2.36. The van der Waals surface area contributed by atoms with Gasteiger partial charge in [0.25, 0.3) is 0 Å². The fourth-order valence-corrected chi connectivity index (χ4v) is 3.49. The fraction of sp³-hybridized carbons (Fsp3) is 0.762. The highest BCUT2D eigenvalue weighted by atomic mass is 28.4. The molecule has 2 amide bonds. The third kappa shape index (κ3) is 8.10. The molecule has 0 fully saturated rings. The summed E-state index contributed by atoms with van der Waals surface area (Å²) in [7, 11) is -0.703. The average molecular weight is 443 g/mol. The summed E-state index contributed by atoms with van der Waals surface area (Å²) in [5.74, 6) is -0.879. The van der Waals surface area contributed by atoms with Gasteiger partial charge in [-0.25, -0.2) is 4.79 Å². The number of methoxy groups -OCH3 is 1. The number of hydrogen-bond donors (Lipinski definition) is 1. The van der Waals surface area contributed by atoms with E-state index in [4.69, 9.17) is 13.9 Å². The van der Waals surface area contributed by atoms with Crippen LogP contribution in [-0.4, -0.2) is 69.6 Å². The van der Waals surface area contributed by atoms with E-state index in [0.717, 1.165) is 5.57 Å². The largest absolute Gasteiger partial charge is 0.468 e. The van der Waals surface area contributed by atoms with E-state index >= 15 is 0 Å². The second-order valence-corrected chi connectivity index (χ2v) is 14.9. The molecular formula is C21H38N2O6Si. The quantitative estimate of drug-likeness (QED) is 0.386. The summed E-state index contributed by atoms with van der Waals surface area (Å²) < 4.78 is 16.3. The van der Waals surface area contributed by atoms with Crippen molar-refractivity contribution in [2.45, 2.75) is 77.7 Å². The van der Waals surface area contributed by atoms with Gasteiger partial charge in [0.05, 0.1) is 13.7 Å². The molecule has 1 N–H and O–H groups in total. The third-order valence-electron chi connectivity index (χ3n) is 5.31. The fourth-order valence-electron chi connectivity index (χ4n) is 2.51. The van der Waals surface area contributed by atoms with Crippen LogP contribution in [0.3, 0.4) is 0 Å². The Morgan fingerprint density at radius 2 is 1.80 bits per heavy atom. The molecule has 0 bridgehead atoms. The van der Waals surface area contributed by atoms with Gasteiger partial charge in [-0.05, 0) is 50.9 Å². The summed E-state index contributed by atoms with van der Waals surface area (Å²) in [6.45, 7) is 16.5. The van der Waals surface area contributed by atoms with Gasteiger partial charge in [-0.15, -0.1) is 0 Å². The number of carbonyl (C=O) groups excluding carboxylic acids is 3. The number of nitrogens with one attached hydrogen (secondary N) is 1. The van der Waals surface area contributed by atoms with Gasteiger partial charge in [-0.3, -0.25) is 9.59 Å². The number of amides is 2. The normalized spacial score (nSPS) is 18.4. The molecule has 1 aliphatic heterocycles. The van der Waals surface area contributed by atoms with Crippen LogP contribution in [0, 0.1) is 0 Å². The number of carbonyl (C=O) groups is 3. The predicted molar refractivity (Wildman–Crippen MR) is 118 cm³/mol. The molecule has 0 spiro atoms. The van der Waals surface area contributed by atoms with Crippen LogP contribution in [0.15, 0.2) is 11.6 Å². The minimum absolute atomic E-state index is 0.0562. The van der Waals surface area contributed by atoms with E-state index in [1.807, 2.05) is 6.08 Å². The Morgan fingerprint density at radius 1 is 1.20 bits per heavy atom. The smallest absolute Gasteiger partial charge is 0.408 e. The topological polar surface area (TPSA) is 94.2 Å². The van der Waals surface area contributed by atoms with Gasteiger partial charge < -0.3 is 24.1 Å². The lowest BCUT2D eigenvalue weighted by molar-refractivity contribution is -0.147. The van der Waals surface area contributed by atoms with Crippen molar-refractivity contribution in [3.8, 4) is 0 Å². The Bertz CT molecular complexity index is 676. The molecule has 1 aliphatic rings. The monoisotopic (exact) mass is 442 g/mol. The predicted octanol–water partition coefficient (Wildman–Crippen LogP) is 3.23. The first-order valence-corrected chi connectivity index (χ1v) is 13.1. The second kappa shape index (κ2) is 9.96. The van der Waals surface area contributed by atoms with E-state index in [2.05, 4.69) is 39.2 Å². The number of hydrogen-bond acceptors (Lipinski definition) is 6. The lowest BCUT2D eigenvalue weighted by Gasteiger charge is -2.36. The van der Waals surface area contributed by atoms with E-state index in [1.165, 1.54) is 12.0 Å². The van der Waals surface area contributed by atoms with Crippen molar-refractivity contribution in [2.24, 2.45) is 0 Å². The molecule has 9 heteroatoms. The average Bonchev–Trinajstić information content (AvgIpc) is 2.71. The molecule has 0 saturated carbocycles. The van der Waals surface area contributed by atoms with Crippen LogP contribution in [0.2, 0.25) is 18.1 Å². The Balaban J connectivity index is 2.99. The summed E-state index contributed by atoms with van der Waals surface area (Å²) in [6.07, 6.45) is 1.53. The van der Waals surface area contributed by atoms with Crippen molar-refractivity contribution >= 4 is 26.3 Å². The van der Waals surface area contributed by atoms with Crippen molar-refractivity contribution in [1.82, 2.24) is 10.2 Å². The van der Waals surface area contributed by atoms with Crippen molar-refractivity contribution in [3.63, 3.8) is 0 Å². The number of alkyl carbamates (subject to hydrolysis) is 1. The maximum Gasteiger partial charge on any atom is 0.408 e. The van der Waals surface area contributed by atoms with E-state index in [-0.39, 0.29) is 24.0 Å². The molecule has 0 radical (unpaired) electrons. The zero-order valence-corrected chi connectivity index (χ0v) is 20.9. The molecule has 0 aromatic heterocycles. The molecule has 1 heterocycles. The van der Waals surface area contributed by atoms with Crippen LogP contribution in [-0.2, 0) is 23.5 Å². The Morgan fingerprint density at radius 3 is 2.30 bits per heavy atom. The lowest BCUT2D eigenvalue weighted by atomic mass is 10.1. The van der Waals surface area contributed by atoms with Gasteiger partial charge in [-0.1, -0.05) is 26.8 Å². The molecule has 0 aromatic rings. The molecule has 8 nitrogen and oxygen atoms in total. The molecule has 1 rings (SSSR count). The van der Waals surface area contributed by atoms with E-state index < -0.39 is 32.0 Å². The first kappa shape index (κ1) is 26.2. The zero-order chi connectivity index (χ0) is 23.3. The number of ether oxygens (including phenoxy) is 2. The van der Waals surface area contributed by atoms with Gasteiger partial charge in [-0.2, -0.15) is 0 Å². The molecule has 0 saturated heterocycles. The standard InChI is InChI=1S/C21H38N2O6Si/c1-20(2,3)29-19(26)22-16-11-10-15(14-28-30(8,9)21(4,5)6)12-23(18(16)25)13-17(24)27-7/h10,16H,11-14H2,1-9H3,(H,22,26)/t16-/m0/s1. The number of nitrogens with zero attached hydrogens (tertiary/aromatic N) is 1. The highest BCUT2D eigenvalue weighted by molar-refractivity contribution is 6.74. The highest BCUT2D eigenvalue weighted by Gasteiger charge is 2.38. The third-order valence-corrected chi connectivity index (χ3v) is 9.79. The summed E-state index contributed by atoms with van der Waals surface area (Å²) >= 11 is 0. The van der Waals surface area contributed by atoms with Crippen LogP contribution >= 0.6 is 0 Å². The second-order valence-electron chi connectivity index (χ2n) is 10.1. The molecule has 172 valence electrons. The van der Waals surface area contributed by atoms with Crippen LogP contribution in [0.1, 0.15) is 48.0 Å². The Hall–Kier alpha value is -1.87. The molecule has 0 unspecified atom stereocenters. The van der Waals surface area contributed by atoms with Crippen molar-refractivity contribution < 1.29 is 28.3 Å². The van der Waals surface area contributed by atoms with Crippen molar-refractivity contribution in [2.75, 3.05) is 26.8 Å². The van der Waals surface area contributed by atoms with Crippen LogP contribution in [0.25, 0.3) is 0 Å². The van der Waals surface area contributed by atoms with Gasteiger partial charge >= 0.3 is 12.1 Å². The number of esters is 1. The lowest BCUT2D eigenvalue weighted by Crippen LogP contribution is -2.50. The minimum atomic E-state index is -1.98. The molecule has 0 aromatic carbocycles. The Kier molecular flexibility index (Phi) is 8.68. The summed E-state index contributed by atoms with van der Waals surface area (Å²) in [5, 5.41) is 2.68. The first-order chi connectivity index (χ1) is 13.6. The van der Waals surface area contributed by atoms with Crippen LogP contribution in [0.4, 0.5) is 4.79 Å². The minimum Gasteiger partial charge on any atom is -0.468 e. The molecular weight excluding hydrogens is 404 g/mol. The Labute approximate surface area is 181 Å². The summed E-state index contributed by atoms with van der Waals surface area (Å²) in [6, 6.07) is -0.824. The molecule has 1 atom stereocenters. The van der Waals surface area contributed by atoms with Crippen LogP contribution in [0.5, 0.6) is 0 Å². The van der Waals surface area contributed by atoms with Gasteiger partial charge in [0, 0.05) is 6.54 Å². The SMILES string of the molecule is COC(=O)CN1CC(CO[Si](C)(C)C(C)(C)C)=CC[C@H](NC(=O)OC(C)(C)C)C1=O. The van der Waals surface area contributed by atoms with E-state index in [9.17, 15) is 14.4 Å². The van der Waals surface area contributed by atoms with Crippen molar-refractivity contribution in [3.05, 3.63) is 11.6 Å². The molecule has 30 heavy (non-hydrogen) atoms. The van der Waals surface area contributed by atoms with E-state index in [0.29, 0.717) is 13.0 Å². The number of rotatable bonds is 6. The maximum atomic E-state index is 13.0. The first-order valence-electron chi connectivity index (χ1n) is 10.2. The summed E-state index contributed by atoms with van der Waals surface area (Å²) in [5.41, 5.74) is 0.215. The van der Waals surface area contributed by atoms with E-state index in [1.54, 1.807) is 20.8 Å².